The van der Waals surface area contributed by atoms with Crippen LogP contribution in [0.4, 0.5) is 4.39 Å². The molecule has 0 spiro atoms. The Hall–Kier alpha value is -3.00. The van der Waals surface area contributed by atoms with Crippen LogP contribution >= 0.6 is 0 Å². The third kappa shape index (κ3) is 5.73. The van der Waals surface area contributed by atoms with Gasteiger partial charge in [-0.15, -0.1) is 0 Å². The molecule has 1 heterocycles. The Morgan fingerprint density at radius 2 is 2.06 bits per heavy atom. The highest BCUT2D eigenvalue weighted by Crippen LogP contribution is 2.41. The summed E-state index contributed by atoms with van der Waals surface area (Å²) in [5, 5.41) is 12.8. The number of ether oxygens (including phenoxy) is 2. The number of carbonyl (C=O) groups excluding carboxylic acids is 2. The van der Waals surface area contributed by atoms with Gasteiger partial charge in [0.1, 0.15) is 17.6 Å². The maximum Gasteiger partial charge on any atom is 0.274 e. The van der Waals surface area contributed by atoms with Gasteiger partial charge in [-0.3, -0.25) is 4.79 Å². The van der Waals surface area contributed by atoms with Crippen molar-refractivity contribution in [1.82, 2.24) is 10.3 Å². The van der Waals surface area contributed by atoms with Crippen molar-refractivity contribution < 1.29 is 28.6 Å². The second-order valence-electron chi connectivity index (χ2n) is 9.29. The van der Waals surface area contributed by atoms with E-state index in [0.29, 0.717) is 12.2 Å². The Balaban J connectivity index is 1.75. The average molecular weight is 473 g/mol. The van der Waals surface area contributed by atoms with Gasteiger partial charge in [0.15, 0.2) is 17.2 Å². The van der Waals surface area contributed by atoms with Crippen molar-refractivity contribution in [3.8, 4) is 11.5 Å². The standard InChI is InChI=1S/C26H33FN2O5/c1-16-13-19(27)9-10-20(16)22(18-7-5-6-8-18)17(2)34-15-26(3,14-30)29-25(32)23-24(31)21(33-4)11-12-28-23/h9-14,17-18,22,31H,5-8,15H2,1-4H3,(H,29,32)/t17-,22+,26+/m0/s1. The van der Waals surface area contributed by atoms with Crippen molar-refractivity contribution in [2.75, 3.05) is 13.7 Å². The first-order valence-electron chi connectivity index (χ1n) is 11.6. The monoisotopic (exact) mass is 472 g/mol. The molecule has 3 atom stereocenters. The molecular weight excluding hydrogens is 439 g/mol. The number of halogens is 1. The van der Waals surface area contributed by atoms with Gasteiger partial charge in [-0.05, 0) is 62.8 Å². The van der Waals surface area contributed by atoms with Crippen LogP contribution in [0.3, 0.4) is 0 Å². The van der Waals surface area contributed by atoms with Gasteiger partial charge >= 0.3 is 0 Å². The molecular formula is C26H33FN2O5. The quantitative estimate of drug-likeness (QED) is 0.500. The highest BCUT2D eigenvalue weighted by molar-refractivity contribution is 5.97. The number of hydrogen-bond donors (Lipinski definition) is 2. The Morgan fingerprint density at radius 1 is 1.35 bits per heavy atom. The van der Waals surface area contributed by atoms with Crippen LogP contribution in [0.25, 0.3) is 0 Å². The van der Waals surface area contributed by atoms with E-state index in [0.717, 1.165) is 36.8 Å². The van der Waals surface area contributed by atoms with E-state index in [1.807, 2.05) is 19.9 Å². The van der Waals surface area contributed by atoms with Gasteiger partial charge in [-0.25, -0.2) is 9.37 Å². The van der Waals surface area contributed by atoms with E-state index >= 15 is 0 Å². The molecule has 0 saturated heterocycles. The summed E-state index contributed by atoms with van der Waals surface area (Å²) < 4.78 is 24.9. The van der Waals surface area contributed by atoms with Crippen LogP contribution in [0.15, 0.2) is 30.5 Å². The van der Waals surface area contributed by atoms with Crippen LogP contribution < -0.4 is 10.1 Å². The summed E-state index contributed by atoms with van der Waals surface area (Å²) in [5.41, 5.74) is 0.327. The number of methoxy groups -OCH3 is 1. The molecule has 7 nitrogen and oxygen atoms in total. The van der Waals surface area contributed by atoms with Crippen LogP contribution in [0.1, 0.15) is 67.1 Å². The zero-order chi connectivity index (χ0) is 24.9. The lowest BCUT2D eigenvalue weighted by Gasteiger charge is -2.33. The Bertz CT molecular complexity index is 1020. The molecule has 1 aromatic carbocycles. The molecule has 1 saturated carbocycles. The van der Waals surface area contributed by atoms with Crippen LogP contribution in [0, 0.1) is 18.7 Å². The van der Waals surface area contributed by atoms with Gasteiger partial charge in [0.25, 0.3) is 5.91 Å². The number of aldehydes is 1. The molecule has 2 N–H and O–H groups in total. The summed E-state index contributed by atoms with van der Waals surface area (Å²) in [6.45, 7) is 5.33. The van der Waals surface area contributed by atoms with Crippen molar-refractivity contribution in [1.29, 1.82) is 0 Å². The average Bonchev–Trinajstić information content (AvgIpc) is 3.34. The van der Waals surface area contributed by atoms with Crippen LogP contribution in [-0.4, -0.2) is 47.6 Å². The molecule has 0 bridgehead atoms. The van der Waals surface area contributed by atoms with E-state index in [4.69, 9.17) is 9.47 Å². The van der Waals surface area contributed by atoms with E-state index in [9.17, 15) is 19.1 Å². The zero-order valence-electron chi connectivity index (χ0n) is 20.1. The van der Waals surface area contributed by atoms with Gasteiger partial charge < -0.3 is 24.7 Å². The van der Waals surface area contributed by atoms with Crippen molar-refractivity contribution in [3.63, 3.8) is 0 Å². The van der Waals surface area contributed by atoms with Crippen molar-refractivity contribution in [3.05, 3.63) is 53.1 Å². The lowest BCUT2D eigenvalue weighted by atomic mass is 9.79. The third-order valence-electron chi connectivity index (χ3n) is 6.63. The van der Waals surface area contributed by atoms with Gasteiger partial charge in [0.2, 0.25) is 0 Å². The molecule has 0 aliphatic heterocycles. The summed E-state index contributed by atoms with van der Waals surface area (Å²) in [6, 6.07) is 6.26. The normalized spacial score (nSPS) is 17.6. The second-order valence-corrected chi connectivity index (χ2v) is 9.29. The van der Waals surface area contributed by atoms with Crippen LogP contribution in [-0.2, 0) is 9.53 Å². The number of hydrogen-bond acceptors (Lipinski definition) is 6. The zero-order valence-corrected chi connectivity index (χ0v) is 20.1. The maximum atomic E-state index is 13.7. The van der Waals surface area contributed by atoms with E-state index < -0.39 is 17.2 Å². The van der Waals surface area contributed by atoms with Crippen molar-refractivity contribution >= 4 is 12.2 Å². The number of aromatic hydroxyl groups is 1. The molecule has 1 aromatic heterocycles. The minimum atomic E-state index is -1.35. The minimum Gasteiger partial charge on any atom is -0.503 e. The number of nitrogens with zero attached hydrogens (tertiary/aromatic N) is 1. The molecule has 8 heteroatoms. The summed E-state index contributed by atoms with van der Waals surface area (Å²) in [5.74, 6) is -0.854. The molecule has 0 unspecified atom stereocenters. The van der Waals surface area contributed by atoms with Gasteiger partial charge in [-0.1, -0.05) is 18.9 Å². The molecule has 34 heavy (non-hydrogen) atoms. The lowest BCUT2D eigenvalue weighted by Crippen LogP contribution is -2.52. The first kappa shape index (κ1) is 25.6. The predicted molar refractivity (Wildman–Crippen MR) is 126 cm³/mol. The van der Waals surface area contributed by atoms with Crippen LogP contribution in [0.2, 0.25) is 0 Å². The topological polar surface area (TPSA) is 97.8 Å². The van der Waals surface area contributed by atoms with Crippen molar-refractivity contribution in [2.24, 2.45) is 5.92 Å². The first-order chi connectivity index (χ1) is 16.2. The summed E-state index contributed by atoms with van der Waals surface area (Å²) >= 11 is 0. The van der Waals surface area contributed by atoms with Gasteiger partial charge in [0.05, 0.1) is 19.8 Å². The Morgan fingerprint density at radius 3 is 2.68 bits per heavy atom. The first-order valence-corrected chi connectivity index (χ1v) is 11.6. The summed E-state index contributed by atoms with van der Waals surface area (Å²) in [4.78, 5) is 28.6. The molecule has 1 amide bonds. The summed E-state index contributed by atoms with van der Waals surface area (Å²) in [7, 11) is 1.37. The summed E-state index contributed by atoms with van der Waals surface area (Å²) in [6.07, 6.45) is 6.10. The maximum absolute atomic E-state index is 13.7. The second kappa shape index (κ2) is 11.0. The third-order valence-corrected chi connectivity index (χ3v) is 6.63. The van der Waals surface area contributed by atoms with Crippen molar-refractivity contribution in [2.45, 2.75) is 64.0 Å². The molecule has 2 aromatic rings. The van der Waals surface area contributed by atoms with E-state index in [2.05, 4.69) is 10.3 Å². The van der Waals surface area contributed by atoms with Crippen LogP contribution in [0.5, 0.6) is 11.5 Å². The largest absolute Gasteiger partial charge is 0.503 e. The molecule has 1 aliphatic rings. The SMILES string of the molecule is COc1ccnc(C(=O)N[C@](C)(C=O)CO[C@@H](C)[C@@H](c2ccc(F)cc2C)C2CCCC2)c1O. The fourth-order valence-electron chi connectivity index (χ4n) is 4.81. The van der Waals surface area contributed by atoms with E-state index in [1.54, 1.807) is 6.92 Å². The number of aryl methyl sites for hydroxylation is 1. The molecule has 1 fully saturated rings. The van der Waals surface area contributed by atoms with E-state index in [-0.39, 0.29) is 35.9 Å². The number of carbonyl (C=O) groups is 2. The fraction of sp³-hybridized carbons (Fsp3) is 0.500. The smallest absolute Gasteiger partial charge is 0.274 e. The number of benzene rings is 1. The highest BCUT2D eigenvalue weighted by Gasteiger charge is 2.35. The molecule has 3 rings (SSSR count). The number of rotatable bonds is 10. The lowest BCUT2D eigenvalue weighted by molar-refractivity contribution is -0.116. The Kier molecular flexibility index (Phi) is 8.25. The van der Waals surface area contributed by atoms with Gasteiger partial charge in [0, 0.05) is 18.2 Å². The number of amides is 1. The number of pyridine rings is 1. The molecule has 1 aliphatic carbocycles. The predicted octanol–water partition coefficient (Wildman–Crippen LogP) is 4.31. The number of aromatic nitrogens is 1. The Labute approximate surface area is 199 Å². The van der Waals surface area contributed by atoms with E-state index in [1.165, 1.54) is 31.5 Å². The fourth-order valence-corrected chi connectivity index (χ4v) is 4.81. The number of nitrogens with one attached hydrogen (secondary N) is 1. The highest BCUT2D eigenvalue weighted by atomic mass is 19.1. The minimum absolute atomic E-state index is 0.0406. The van der Waals surface area contributed by atoms with Gasteiger partial charge in [-0.2, -0.15) is 0 Å². The molecule has 184 valence electrons. The molecule has 0 radical (unpaired) electrons.